The lowest BCUT2D eigenvalue weighted by Crippen LogP contribution is -2.49. The molecule has 3 N–H and O–H groups in total. The van der Waals surface area contributed by atoms with Crippen LogP contribution in [0.5, 0.6) is 0 Å². The summed E-state index contributed by atoms with van der Waals surface area (Å²) in [6.07, 6.45) is 2.90. The highest BCUT2D eigenvalue weighted by atomic mass is 35.5. The minimum Gasteiger partial charge on any atom is -0.338 e. The average molecular weight is 284 g/mol. The van der Waals surface area contributed by atoms with Crippen LogP contribution < -0.4 is 11.1 Å². The van der Waals surface area contributed by atoms with Crippen molar-refractivity contribution in [2.45, 2.75) is 25.3 Å². The predicted molar refractivity (Wildman–Crippen MR) is 79.6 cm³/mol. The molecule has 2 amide bonds. The molecule has 0 bridgehead atoms. The SMILES string of the molecule is Cl.NC1CCCN(C(=O)NCCc2ccccc2)C1. The van der Waals surface area contributed by atoms with E-state index in [-0.39, 0.29) is 24.5 Å². The molecule has 1 aromatic rings. The van der Waals surface area contributed by atoms with Crippen LogP contribution >= 0.6 is 12.4 Å². The quantitative estimate of drug-likeness (QED) is 0.888. The second-order valence-electron chi connectivity index (χ2n) is 4.82. The number of hydrogen-bond donors (Lipinski definition) is 2. The number of nitrogens with two attached hydrogens (primary N) is 1. The first kappa shape index (κ1) is 15.8. The van der Waals surface area contributed by atoms with Crippen LogP contribution in [-0.4, -0.2) is 36.6 Å². The normalized spacial score (nSPS) is 18.6. The minimum absolute atomic E-state index is 0. The number of nitrogens with zero attached hydrogens (tertiary/aromatic N) is 1. The standard InChI is InChI=1S/C14H21N3O.ClH/c15-13-7-4-10-17(11-13)14(18)16-9-8-12-5-2-1-3-6-12;/h1-3,5-6,13H,4,7-11,15H2,(H,16,18);1H. The van der Waals surface area contributed by atoms with Crippen LogP contribution in [0.3, 0.4) is 0 Å². The summed E-state index contributed by atoms with van der Waals surface area (Å²) in [5.41, 5.74) is 7.10. The average Bonchev–Trinajstić information content (AvgIpc) is 2.40. The lowest BCUT2D eigenvalue weighted by molar-refractivity contribution is 0.180. The molecule has 1 unspecified atom stereocenters. The number of nitrogens with one attached hydrogen (secondary N) is 1. The number of halogens is 1. The van der Waals surface area contributed by atoms with Crippen LogP contribution in [0.2, 0.25) is 0 Å². The largest absolute Gasteiger partial charge is 0.338 e. The summed E-state index contributed by atoms with van der Waals surface area (Å²) in [6.45, 7) is 2.18. The van der Waals surface area contributed by atoms with Gasteiger partial charge in [-0.15, -0.1) is 12.4 Å². The first-order chi connectivity index (χ1) is 8.75. The molecular weight excluding hydrogens is 262 g/mol. The van der Waals surface area contributed by atoms with Gasteiger partial charge in [-0.2, -0.15) is 0 Å². The molecule has 0 aliphatic carbocycles. The predicted octanol–water partition coefficient (Wildman–Crippen LogP) is 1.78. The van der Waals surface area contributed by atoms with Gasteiger partial charge in [-0.1, -0.05) is 30.3 Å². The van der Waals surface area contributed by atoms with Gasteiger partial charge >= 0.3 is 6.03 Å². The first-order valence-corrected chi connectivity index (χ1v) is 6.58. The molecule has 106 valence electrons. The summed E-state index contributed by atoms with van der Waals surface area (Å²) in [6, 6.07) is 10.3. The number of hydrogen-bond acceptors (Lipinski definition) is 2. The molecule has 19 heavy (non-hydrogen) atoms. The van der Waals surface area contributed by atoms with E-state index >= 15 is 0 Å². The fourth-order valence-electron chi connectivity index (χ4n) is 2.26. The van der Waals surface area contributed by atoms with E-state index in [1.165, 1.54) is 5.56 Å². The third-order valence-electron chi connectivity index (χ3n) is 3.28. The van der Waals surface area contributed by atoms with E-state index < -0.39 is 0 Å². The van der Waals surface area contributed by atoms with Crippen molar-refractivity contribution >= 4 is 18.4 Å². The summed E-state index contributed by atoms with van der Waals surface area (Å²) in [4.78, 5) is 13.7. The van der Waals surface area contributed by atoms with Crippen molar-refractivity contribution in [3.63, 3.8) is 0 Å². The van der Waals surface area contributed by atoms with E-state index in [9.17, 15) is 4.79 Å². The van der Waals surface area contributed by atoms with Crippen LogP contribution in [0.15, 0.2) is 30.3 Å². The third kappa shape index (κ3) is 5.09. The fourth-order valence-corrected chi connectivity index (χ4v) is 2.26. The van der Waals surface area contributed by atoms with Gasteiger partial charge < -0.3 is 16.0 Å². The lowest BCUT2D eigenvalue weighted by atomic mass is 10.1. The number of amides is 2. The van der Waals surface area contributed by atoms with Crippen molar-refractivity contribution in [2.24, 2.45) is 5.73 Å². The van der Waals surface area contributed by atoms with Crippen LogP contribution in [0, 0.1) is 0 Å². The third-order valence-corrected chi connectivity index (χ3v) is 3.28. The monoisotopic (exact) mass is 283 g/mol. The summed E-state index contributed by atoms with van der Waals surface area (Å²) in [5, 5.41) is 2.95. The molecule has 0 spiro atoms. The van der Waals surface area contributed by atoms with Crippen molar-refractivity contribution in [1.29, 1.82) is 0 Å². The number of carbonyl (C=O) groups excluding carboxylic acids is 1. The molecule has 5 heteroatoms. The van der Waals surface area contributed by atoms with Gasteiger partial charge in [0.25, 0.3) is 0 Å². The van der Waals surface area contributed by atoms with E-state index in [0.29, 0.717) is 13.1 Å². The first-order valence-electron chi connectivity index (χ1n) is 6.58. The zero-order valence-corrected chi connectivity index (χ0v) is 11.9. The van der Waals surface area contributed by atoms with Gasteiger partial charge in [0.1, 0.15) is 0 Å². The molecule has 1 aliphatic rings. The lowest BCUT2D eigenvalue weighted by Gasteiger charge is -2.30. The molecule has 1 heterocycles. The molecule has 1 saturated heterocycles. The van der Waals surface area contributed by atoms with E-state index in [1.807, 2.05) is 23.1 Å². The van der Waals surface area contributed by atoms with Crippen molar-refractivity contribution in [2.75, 3.05) is 19.6 Å². The zero-order chi connectivity index (χ0) is 12.8. The molecule has 2 rings (SSSR count). The van der Waals surface area contributed by atoms with Crippen LogP contribution in [0.25, 0.3) is 0 Å². The Hall–Kier alpha value is -1.26. The Morgan fingerprint density at radius 3 is 2.79 bits per heavy atom. The number of likely N-dealkylation sites (tertiary alicyclic amines) is 1. The highest BCUT2D eigenvalue weighted by Gasteiger charge is 2.20. The Balaban J connectivity index is 0.00000180. The van der Waals surface area contributed by atoms with Crippen LogP contribution in [0.1, 0.15) is 18.4 Å². The molecule has 1 aromatic carbocycles. The second kappa shape index (κ2) is 8.02. The Labute approximate surface area is 120 Å². The van der Waals surface area contributed by atoms with E-state index in [1.54, 1.807) is 0 Å². The fraction of sp³-hybridized carbons (Fsp3) is 0.500. The maximum Gasteiger partial charge on any atom is 0.317 e. The molecule has 1 atom stereocenters. The maximum atomic E-state index is 11.9. The number of rotatable bonds is 3. The Morgan fingerprint density at radius 1 is 1.37 bits per heavy atom. The minimum atomic E-state index is 0. The molecule has 0 aromatic heterocycles. The van der Waals surface area contributed by atoms with Gasteiger partial charge in [0.2, 0.25) is 0 Å². The molecule has 0 radical (unpaired) electrons. The number of benzene rings is 1. The Bertz CT molecular complexity index is 386. The molecule has 4 nitrogen and oxygen atoms in total. The Kier molecular flexibility index (Phi) is 6.67. The topological polar surface area (TPSA) is 58.4 Å². The highest BCUT2D eigenvalue weighted by molar-refractivity contribution is 5.85. The van der Waals surface area contributed by atoms with Crippen LogP contribution in [0.4, 0.5) is 4.79 Å². The smallest absolute Gasteiger partial charge is 0.317 e. The van der Waals surface area contributed by atoms with Crippen LogP contribution in [-0.2, 0) is 6.42 Å². The van der Waals surface area contributed by atoms with Crippen molar-refractivity contribution in [3.8, 4) is 0 Å². The number of piperidine rings is 1. The van der Waals surface area contributed by atoms with E-state index in [4.69, 9.17) is 5.73 Å². The molecular formula is C14H22ClN3O. The van der Waals surface area contributed by atoms with Gasteiger partial charge in [-0.05, 0) is 24.8 Å². The summed E-state index contributed by atoms with van der Waals surface area (Å²) in [5.74, 6) is 0. The van der Waals surface area contributed by atoms with Gasteiger partial charge in [-0.3, -0.25) is 0 Å². The molecule has 0 saturated carbocycles. The number of urea groups is 1. The van der Waals surface area contributed by atoms with Gasteiger partial charge in [0.15, 0.2) is 0 Å². The molecule has 1 aliphatic heterocycles. The summed E-state index contributed by atoms with van der Waals surface area (Å²) in [7, 11) is 0. The second-order valence-corrected chi connectivity index (χ2v) is 4.82. The van der Waals surface area contributed by atoms with Gasteiger partial charge in [0.05, 0.1) is 0 Å². The summed E-state index contributed by atoms with van der Waals surface area (Å²) >= 11 is 0. The highest BCUT2D eigenvalue weighted by Crippen LogP contribution is 2.08. The van der Waals surface area contributed by atoms with Crippen molar-refractivity contribution in [3.05, 3.63) is 35.9 Å². The Morgan fingerprint density at radius 2 is 2.11 bits per heavy atom. The zero-order valence-electron chi connectivity index (χ0n) is 11.0. The maximum absolute atomic E-state index is 11.9. The van der Waals surface area contributed by atoms with Crippen molar-refractivity contribution < 1.29 is 4.79 Å². The van der Waals surface area contributed by atoms with Gasteiger partial charge in [-0.25, -0.2) is 4.79 Å². The molecule has 1 fully saturated rings. The van der Waals surface area contributed by atoms with E-state index in [2.05, 4.69) is 17.4 Å². The number of carbonyl (C=O) groups is 1. The van der Waals surface area contributed by atoms with Gasteiger partial charge in [0, 0.05) is 25.7 Å². The van der Waals surface area contributed by atoms with Crippen molar-refractivity contribution in [1.82, 2.24) is 10.2 Å². The summed E-state index contributed by atoms with van der Waals surface area (Å²) < 4.78 is 0. The van der Waals surface area contributed by atoms with E-state index in [0.717, 1.165) is 25.8 Å².